The van der Waals surface area contributed by atoms with Crippen LogP contribution in [0.3, 0.4) is 0 Å². The first kappa shape index (κ1) is 13.7. The zero-order valence-electron chi connectivity index (χ0n) is 10.8. The average molecular weight is 272 g/mol. The number of hydrogen-bond donors (Lipinski definition) is 1. The molecular formula is C15H12O5. The molecule has 2 rings (SSSR count). The van der Waals surface area contributed by atoms with Crippen molar-refractivity contribution in [3.05, 3.63) is 53.1 Å². The van der Waals surface area contributed by atoms with Crippen LogP contribution in [0.4, 0.5) is 0 Å². The van der Waals surface area contributed by atoms with Crippen LogP contribution in [0.5, 0.6) is 5.75 Å². The Bertz CT molecular complexity index is 652. The topological polar surface area (TPSA) is 80.7 Å². The number of carbonyl (C=O) groups is 3. The summed E-state index contributed by atoms with van der Waals surface area (Å²) < 4.78 is 4.73. The monoisotopic (exact) mass is 272 g/mol. The Morgan fingerprint density at radius 1 is 1.20 bits per heavy atom. The summed E-state index contributed by atoms with van der Waals surface area (Å²) in [4.78, 5) is 35.3. The zero-order chi connectivity index (χ0) is 14.7. The number of ketones is 2. The number of allylic oxidation sites excluding steroid dienone is 3. The van der Waals surface area contributed by atoms with Gasteiger partial charge in [0.25, 0.3) is 0 Å². The molecule has 0 fully saturated rings. The number of benzene rings is 1. The summed E-state index contributed by atoms with van der Waals surface area (Å²) in [6.45, 7) is 1.77. The van der Waals surface area contributed by atoms with Crippen LogP contribution in [0.15, 0.2) is 47.6 Å². The molecule has 1 aliphatic rings. The normalized spacial score (nSPS) is 13.8. The van der Waals surface area contributed by atoms with E-state index in [1.54, 1.807) is 19.1 Å². The van der Waals surface area contributed by atoms with E-state index in [0.29, 0.717) is 0 Å². The molecule has 0 saturated heterocycles. The molecule has 5 heteroatoms. The maximum absolute atomic E-state index is 12.2. The van der Waals surface area contributed by atoms with Crippen LogP contribution < -0.4 is 0 Å². The third-order valence-corrected chi connectivity index (χ3v) is 2.76. The molecule has 0 saturated carbocycles. The van der Waals surface area contributed by atoms with Gasteiger partial charge in [0.1, 0.15) is 11.3 Å². The Balaban J connectivity index is 2.29. The number of esters is 1. The molecule has 0 atom stereocenters. The fourth-order valence-electron chi connectivity index (χ4n) is 1.81. The van der Waals surface area contributed by atoms with Crippen molar-refractivity contribution in [1.82, 2.24) is 0 Å². The van der Waals surface area contributed by atoms with Crippen LogP contribution in [0.25, 0.3) is 0 Å². The quantitative estimate of drug-likeness (QED) is 0.511. The maximum Gasteiger partial charge on any atom is 0.342 e. The zero-order valence-corrected chi connectivity index (χ0v) is 10.8. The highest BCUT2D eigenvalue weighted by atomic mass is 16.5. The first-order chi connectivity index (χ1) is 9.54. The average Bonchev–Trinajstić information content (AvgIpc) is 2.81. The van der Waals surface area contributed by atoms with Gasteiger partial charge in [0, 0.05) is 5.57 Å². The van der Waals surface area contributed by atoms with E-state index >= 15 is 0 Å². The summed E-state index contributed by atoms with van der Waals surface area (Å²) in [5.74, 6) is -2.02. The number of phenols is 1. The minimum atomic E-state index is -0.756. The maximum atomic E-state index is 12.2. The summed E-state index contributed by atoms with van der Waals surface area (Å²) in [7, 11) is 0. The number of aromatic hydroxyl groups is 1. The molecule has 0 amide bonds. The minimum absolute atomic E-state index is 0.0551. The van der Waals surface area contributed by atoms with Crippen molar-refractivity contribution in [3.8, 4) is 5.75 Å². The van der Waals surface area contributed by atoms with Crippen LogP contribution in [0.1, 0.15) is 17.3 Å². The number of hydrogen-bond acceptors (Lipinski definition) is 5. The third-order valence-electron chi connectivity index (χ3n) is 2.76. The van der Waals surface area contributed by atoms with Gasteiger partial charge in [0.05, 0.1) is 12.2 Å². The van der Waals surface area contributed by atoms with E-state index in [1.807, 2.05) is 0 Å². The molecule has 0 aliphatic heterocycles. The fourth-order valence-corrected chi connectivity index (χ4v) is 1.81. The summed E-state index contributed by atoms with van der Waals surface area (Å²) in [6.07, 6.45) is 2.26. The number of phenolic OH excluding ortho intramolecular Hbond substituents is 1. The van der Waals surface area contributed by atoms with Gasteiger partial charge in [0.2, 0.25) is 0 Å². The summed E-state index contributed by atoms with van der Waals surface area (Å²) >= 11 is 0. The second-order valence-corrected chi connectivity index (χ2v) is 4.09. The van der Waals surface area contributed by atoms with Gasteiger partial charge < -0.3 is 9.84 Å². The van der Waals surface area contributed by atoms with E-state index in [-0.39, 0.29) is 29.1 Å². The number of rotatable bonds is 4. The van der Waals surface area contributed by atoms with Gasteiger partial charge in [-0.1, -0.05) is 12.1 Å². The van der Waals surface area contributed by atoms with Crippen molar-refractivity contribution in [2.45, 2.75) is 6.92 Å². The van der Waals surface area contributed by atoms with Gasteiger partial charge in [0.15, 0.2) is 11.6 Å². The first-order valence-corrected chi connectivity index (χ1v) is 6.02. The smallest absolute Gasteiger partial charge is 0.342 e. The Morgan fingerprint density at radius 3 is 2.55 bits per heavy atom. The van der Waals surface area contributed by atoms with Gasteiger partial charge in [-0.25, -0.2) is 4.79 Å². The molecule has 20 heavy (non-hydrogen) atoms. The van der Waals surface area contributed by atoms with Crippen LogP contribution in [0.2, 0.25) is 0 Å². The molecule has 0 radical (unpaired) electrons. The standard InChI is InChI=1S/C15H12O5/c1-2-20-15(19)11-7-9(8-13(11)17)14(18)10-5-3-4-6-12(10)16/h3-8,16H,2H2,1H3. The lowest BCUT2D eigenvalue weighted by Gasteiger charge is -2.02. The first-order valence-electron chi connectivity index (χ1n) is 6.02. The second-order valence-electron chi connectivity index (χ2n) is 4.09. The lowest BCUT2D eigenvalue weighted by Crippen LogP contribution is -2.12. The van der Waals surface area contributed by atoms with Crippen LogP contribution in [-0.4, -0.2) is 29.2 Å². The Morgan fingerprint density at radius 2 is 1.90 bits per heavy atom. The molecule has 102 valence electrons. The van der Waals surface area contributed by atoms with E-state index < -0.39 is 17.5 Å². The molecular weight excluding hydrogens is 260 g/mol. The Hall–Kier alpha value is -2.69. The molecule has 1 aromatic rings. The van der Waals surface area contributed by atoms with Crippen molar-refractivity contribution in [2.75, 3.05) is 6.61 Å². The van der Waals surface area contributed by atoms with E-state index in [9.17, 15) is 19.5 Å². The largest absolute Gasteiger partial charge is 0.507 e. The molecule has 0 bridgehead atoms. The highest BCUT2D eigenvalue weighted by molar-refractivity contribution is 6.29. The SMILES string of the molecule is CCOC(=O)C1=CC(C(=O)c2ccccc2O)=CC1=O. The Labute approximate surface area is 115 Å². The molecule has 0 unspecified atom stereocenters. The van der Waals surface area contributed by atoms with Crippen molar-refractivity contribution >= 4 is 17.5 Å². The molecule has 0 spiro atoms. The van der Waals surface area contributed by atoms with Crippen molar-refractivity contribution < 1.29 is 24.2 Å². The second kappa shape index (κ2) is 5.52. The van der Waals surface area contributed by atoms with Gasteiger partial charge in [-0.3, -0.25) is 9.59 Å². The molecule has 1 aliphatic carbocycles. The highest BCUT2D eigenvalue weighted by Crippen LogP contribution is 2.24. The summed E-state index contributed by atoms with van der Waals surface area (Å²) in [5, 5.41) is 9.62. The number of ether oxygens (including phenoxy) is 1. The predicted octanol–water partition coefficient (Wildman–Crippen LogP) is 1.57. The van der Waals surface area contributed by atoms with Gasteiger partial charge >= 0.3 is 5.97 Å². The lowest BCUT2D eigenvalue weighted by molar-refractivity contribution is -0.139. The highest BCUT2D eigenvalue weighted by Gasteiger charge is 2.27. The minimum Gasteiger partial charge on any atom is -0.507 e. The molecule has 0 aromatic heterocycles. The van der Waals surface area contributed by atoms with Crippen molar-refractivity contribution in [1.29, 1.82) is 0 Å². The number of carbonyl (C=O) groups excluding carboxylic acids is 3. The van der Waals surface area contributed by atoms with Gasteiger partial charge in [-0.15, -0.1) is 0 Å². The Kier molecular flexibility index (Phi) is 3.79. The van der Waals surface area contributed by atoms with Crippen molar-refractivity contribution in [2.24, 2.45) is 0 Å². The van der Waals surface area contributed by atoms with Gasteiger partial charge in [-0.05, 0) is 31.2 Å². The summed E-state index contributed by atoms with van der Waals surface area (Å²) in [5.41, 5.74) is -0.0434. The van der Waals surface area contributed by atoms with E-state index in [4.69, 9.17) is 4.74 Å². The molecule has 1 aromatic carbocycles. The van der Waals surface area contributed by atoms with E-state index in [0.717, 1.165) is 6.08 Å². The fraction of sp³-hybridized carbons (Fsp3) is 0.133. The van der Waals surface area contributed by atoms with Crippen LogP contribution >= 0.6 is 0 Å². The van der Waals surface area contributed by atoms with E-state index in [1.165, 1.54) is 18.2 Å². The van der Waals surface area contributed by atoms with E-state index in [2.05, 4.69) is 0 Å². The molecule has 5 nitrogen and oxygen atoms in total. The van der Waals surface area contributed by atoms with Crippen LogP contribution in [-0.2, 0) is 14.3 Å². The summed E-state index contributed by atoms with van der Waals surface area (Å²) in [6, 6.07) is 6.00. The number of Topliss-reactive ketones (excluding diaryl/α,β-unsaturated/α-hetero) is 1. The predicted molar refractivity (Wildman–Crippen MR) is 70.2 cm³/mol. The third kappa shape index (κ3) is 2.51. The lowest BCUT2D eigenvalue weighted by atomic mass is 10.0. The van der Waals surface area contributed by atoms with Gasteiger partial charge in [-0.2, -0.15) is 0 Å². The number of para-hydroxylation sites is 1. The van der Waals surface area contributed by atoms with Crippen LogP contribution in [0, 0.1) is 0 Å². The molecule has 0 heterocycles. The van der Waals surface area contributed by atoms with Crippen molar-refractivity contribution in [3.63, 3.8) is 0 Å². The molecule has 1 N–H and O–H groups in total.